The molecule has 1 aromatic heterocycles. The van der Waals surface area contributed by atoms with Gasteiger partial charge in [0.05, 0.1) is 30.0 Å². The minimum Gasteiger partial charge on any atom is -0.493 e. The van der Waals surface area contributed by atoms with E-state index in [0.29, 0.717) is 19.5 Å². The summed E-state index contributed by atoms with van der Waals surface area (Å²) in [5, 5.41) is 1.78. The Morgan fingerprint density at radius 2 is 1.93 bits per heavy atom. The monoisotopic (exact) mass is 410 g/mol. The lowest BCUT2D eigenvalue weighted by molar-refractivity contribution is -0.130. The van der Waals surface area contributed by atoms with Gasteiger partial charge in [0.1, 0.15) is 11.3 Å². The van der Waals surface area contributed by atoms with Crippen LogP contribution in [-0.4, -0.2) is 43.6 Å². The fourth-order valence-electron chi connectivity index (χ4n) is 4.24. The third-order valence-electron chi connectivity index (χ3n) is 5.85. The molecule has 0 spiro atoms. The quantitative estimate of drug-likeness (QED) is 0.645. The number of piperazine rings is 1. The van der Waals surface area contributed by atoms with Gasteiger partial charge in [-0.3, -0.25) is 4.79 Å². The van der Waals surface area contributed by atoms with Gasteiger partial charge in [-0.05, 0) is 36.6 Å². The number of fused-ring (bicyclic) bond motifs is 2. The first-order valence-corrected chi connectivity index (χ1v) is 10.5. The highest BCUT2D eigenvalue weighted by Gasteiger charge is 2.24. The van der Waals surface area contributed by atoms with E-state index >= 15 is 0 Å². The number of para-hydroxylation sites is 1. The second-order valence-corrected chi connectivity index (χ2v) is 8.07. The highest BCUT2D eigenvalue weighted by atomic mass is 35.5. The summed E-state index contributed by atoms with van der Waals surface area (Å²) in [7, 11) is 0. The van der Waals surface area contributed by atoms with Crippen LogP contribution in [0, 0.1) is 0 Å². The van der Waals surface area contributed by atoms with Gasteiger partial charge in [-0.25, -0.2) is 0 Å². The molecular formula is C23H23ClN2O3. The molecule has 1 saturated heterocycles. The van der Waals surface area contributed by atoms with E-state index in [4.69, 9.17) is 20.8 Å². The van der Waals surface area contributed by atoms with Crippen LogP contribution >= 0.6 is 11.6 Å². The van der Waals surface area contributed by atoms with Crippen molar-refractivity contribution >= 4 is 34.2 Å². The van der Waals surface area contributed by atoms with E-state index in [1.165, 1.54) is 5.56 Å². The highest BCUT2D eigenvalue weighted by molar-refractivity contribution is 6.33. The molecule has 0 saturated carbocycles. The Bertz CT molecular complexity index is 1050. The summed E-state index contributed by atoms with van der Waals surface area (Å²) in [4.78, 5) is 17.1. The molecule has 0 unspecified atom stereocenters. The molecule has 0 bridgehead atoms. The van der Waals surface area contributed by atoms with Crippen LogP contribution in [0.2, 0.25) is 5.02 Å². The molecule has 150 valence electrons. The first kappa shape index (κ1) is 18.4. The van der Waals surface area contributed by atoms with Crippen molar-refractivity contribution in [3.05, 3.63) is 58.8 Å². The van der Waals surface area contributed by atoms with Crippen molar-refractivity contribution in [3.63, 3.8) is 0 Å². The normalized spacial score (nSPS) is 16.6. The molecule has 2 aliphatic heterocycles. The zero-order chi connectivity index (χ0) is 19.8. The number of carbonyl (C=O) groups is 1. The molecule has 29 heavy (non-hydrogen) atoms. The molecule has 0 atom stereocenters. The van der Waals surface area contributed by atoms with Gasteiger partial charge < -0.3 is 19.0 Å². The Balaban J connectivity index is 1.27. The number of ether oxygens (including phenoxy) is 1. The summed E-state index contributed by atoms with van der Waals surface area (Å²) in [6.45, 7) is 3.72. The predicted octanol–water partition coefficient (Wildman–Crippen LogP) is 4.30. The van der Waals surface area contributed by atoms with Crippen LogP contribution in [0.5, 0.6) is 5.75 Å². The molecule has 5 rings (SSSR count). The van der Waals surface area contributed by atoms with E-state index < -0.39 is 0 Å². The van der Waals surface area contributed by atoms with Crippen LogP contribution in [0.15, 0.2) is 47.1 Å². The van der Waals surface area contributed by atoms with Crippen molar-refractivity contribution in [1.82, 2.24) is 4.90 Å². The number of carbonyl (C=O) groups excluding carboxylic acids is 1. The second-order valence-electron chi connectivity index (χ2n) is 7.67. The molecular weight excluding hydrogens is 388 g/mol. The number of aryl methyl sites for hydroxylation is 1. The van der Waals surface area contributed by atoms with E-state index in [2.05, 4.69) is 11.0 Å². The number of hydrogen-bond acceptors (Lipinski definition) is 4. The molecule has 5 nitrogen and oxygen atoms in total. The van der Waals surface area contributed by atoms with Gasteiger partial charge in [-0.2, -0.15) is 0 Å². The number of rotatable bonds is 3. The number of hydrogen-bond donors (Lipinski definition) is 0. The Labute approximate surface area is 174 Å². The summed E-state index contributed by atoms with van der Waals surface area (Å²) in [5.41, 5.74) is 3.98. The fourth-order valence-corrected chi connectivity index (χ4v) is 4.50. The molecule has 2 aromatic carbocycles. The summed E-state index contributed by atoms with van der Waals surface area (Å²) < 4.78 is 11.4. The van der Waals surface area contributed by atoms with Crippen LogP contribution < -0.4 is 9.64 Å². The van der Waals surface area contributed by atoms with E-state index in [9.17, 15) is 4.79 Å². The Hall–Kier alpha value is -2.66. The number of benzene rings is 2. The van der Waals surface area contributed by atoms with Gasteiger partial charge >= 0.3 is 0 Å². The zero-order valence-electron chi connectivity index (χ0n) is 16.2. The SMILES string of the molecule is O=C(Cc1coc2cc3c(cc12)CCCO3)N1CCN(c2ccccc2Cl)CC1. The molecule has 0 N–H and O–H groups in total. The third kappa shape index (κ3) is 3.55. The molecule has 3 heterocycles. The lowest BCUT2D eigenvalue weighted by Gasteiger charge is -2.36. The van der Waals surface area contributed by atoms with Gasteiger partial charge in [0.2, 0.25) is 5.91 Å². The van der Waals surface area contributed by atoms with Gasteiger partial charge in [-0.1, -0.05) is 23.7 Å². The number of nitrogens with zero attached hydrogens (tertiary/aromatic N) is 2. The van der Waals surface area contributed by atoms with Crippen molar-refractivity contribution in [2.24, 2.45) is 0 Å². The zero-order valence-corrected chi connectivity index (χ0v) is 17.0. The minimum atomic E-state index is 0.139. The maximum atomic E-state index is 12.9. The molecule has 1 amide bonds. The van der Waals surface area contributed by atoms with Crippen molar-refractivity contribution in [2.45, 2.75) is 19.3 Å². The van der Waals surface area contributed by atoms with Crippen LogP contribution in [0.1, 0.15) is 17.5 Å². The van der Waals surface area contributed by atoms with Gasteiger partial charge in [0.25, 0.3) is 0 Å². The van der Waals surface area contributed by atoms with Crippen LogP contribution in [-0.2, 0) is 17.6 Å². The van der Waals surface area contributed by atoms with Crippen molar-refractivity contribution < 1.29 is 13.9 Å². The standard InChI is InChI=1S/C23H23ClN2O3/c24-19-5-1-2-6-20(19)25-7-9-26(10-8-25)23(27)13-17-15-29-22-14-21-16(12-18(17)22)4-3-11-28-21/h1-2,5-6,12,14-15H,3-4,7-11,13H2. The second kappa shape index (κ2) is 7.64. The van der Waals surface area contributed by atoms with Crippen LogP contribution in [0.3, 0.4) is 0 Å². The van der Waals surface area contributed by atoms with E-state index in [-0.39, 0.29) is 5.91 Å². The highest BCUT2D eigenvalue weighted by Crippen LogP contribution is 2.33. The van der Waals surface area contributed by atoms with E-state index in [1.54, 1.807) is 6.26 Å². The molecule has 1 fully saturated rings. The van der Waals surface area contributed by atoms with Crippen molar-refractivity contribution in [3.8, 4) is 5.75 Å². The van der Waals surface area contributed by atoms with E-state index in [1.807, 2.05) is 35.2 Å². The summed E-state index contributed by atoms with van der Waals surface area (Å²) >= 11 is 6.32. The van der Waals surface area contributed by atoms with Gasteiger partial charge in [0, 0.05) is 43.2 Å². The summed E-state index contributed by atoms with van der Waals surface area (Å²) in [5.74, 6) is 1.05. The van der Waals surface area contributed by atoms with Crippen LogP contribution in [0.25, 0.3) is 11.0 Å². The average Bonchev–Trinajstić information content (AvgIpc) is 3.14. The number of amides is 1. The number of furan rings is 1. The minimum absolute atomic E-state index is 0.139. The maximum Gasteiger partial charge on any atom is 0.227 e. The smallest absolute Gasteiger partial charge is 0.227 e. The Morgan fingerprint density at radius 1 is 1.10 bits per heavy atom. The maximum absolute atomic E-state index is 12.9. The lowest BCUT2D eigenvalue weighted by Crippen LogP contribution is -2.49. The number of anilines is 1. The summed E-state index contributed by atoms with van der Waals surface area (Å²) in [6.07, 6.45) is 4.11. The topological polar surface area (TPSA) is 45.9 Å². The van der Waals surface area contributed by atoms with Crippen molar-refractivity contribution in [1.29, 1.82) is 0 Å². The first-order valence-electron chi connectivity index (χ1n) is 10.1. The predicted molar refractivity (Wildman–Crippen MR) is 114 cm³/mol. The molecule has 0 radical (unpaired) electrons. The third-order valence-corrected chi connectivity index (χ3v) is 6.17. The van der Waals surface area contributed by atoms with Crippen LogP contribution in [0.4, 0.5) is 5.69 Å². The Morgan fingerprint density at radius 3 is 2.76 bits per heavy atom. The molecule has 3 aromatic rings. The molecule has 2 aliphatic rings. The Kier molecular flexibility index (Phi) is 4.84. The lowest BCUT2D eigenvalue weighted by atomic mass is 10.0. The first-order chi connectivity index (χ1) is 14.2. The summed E-state index contributed by atoms with van der Waals surface area (Å²) in [6, 6.07) is 12.0. The van der Waals surface area contributed by atoms with Gasteiger partial charge in [-0.15, -0.1) is 0 Å². The largest absolute Gasteiger partial charge is 0.493 e. The van der Waals surface area contributed by atoms with Crippen molar-refractivity contribution in [2.75, 3.05) is 37.7 Å². The molecule has 0 aliphatic carbocycles. The number of halogens is 1. The van der Waals surface area contributed by atoms with E-state index in [0.717, 1.165) is 65.5 Å². The molecule has 6 heteroatoms. The fraction of sp³-hybridized carbons (Fsp3) is 0.348. The average molecular weight is 411 g/mol. The van der Waals surface area contributed by atoms with Gasteiger partial charge in [0.15, 0.2) is 0 Å².